The summed E-state index contributed by atoms with van der Waals surface area (Å²) in [4.78, 5) is 41.2. The smallest absolute Gasteiger partial charge is 0.263 e. The number of nitrogens with one attached hydrogen (secondary N) is 1. The van der Waals surface area contributed by atoms with Gasteiger partial charge in [0.1, 0.15) is 17.0 Å². The fraction of sp³-hybridized carbons (Fsp3) is 0.400. The third-order valence-corrected chi connectivity index (χ3v) is 6.38. The molecule has 1 atom stereocenters. The Balaban J connectivity index is 1.48. The van der Waals surface area contributed by atoms with Gasteiger partial charge in [0.25, 0.3) is 17.4 Å². The molecule has 1 fully saturated rings. The quantitative estimate of drug-likeness (QED) is 0.528. The number of ether oxygens (including phenoxy) is 1. The number of nitrogens with zero attached hydrogens (tertiary/aromatic N) is 5. The third kappa shape index (κ3) is 4.96. The molecule has 2 aliphatic heterocycles. The highest BCUT2D eigenvalue weighted by molar-refractivity contribution is 5.97. The molecule has 1 aromatic carbocycles. The predicted molar refractivity (Wildman–Crippen MR) is 128 cm³/mol. The molecule has 0 spiro atoms. The summed E-state index contributed by atoms with van der Waals surface area (Å²) in [7, 11) is 0. The van der Waals surface area contributed by atoms with Crippen molar-refractivity contribution in [3.05, 3.63) is 75.5 Å². The summed E-state index contributed by atoms with van der Waals surface area (Å²) in [6.45, 7) is 4.04. The summed E-state index contributed by atoms with van der Waals surface area (Å²) in [5, 5.41) is 11.4. The monoisotopic (exact) mass is 476 g/mol. The minimum absolute atomic E-state index is 0.110. The van der Waals surface area contributed by atoms with Crippen molar-refractivity contribution in [1.29, 1.82) is 0 Å². The number of amides is 2. The summed E-state index contributed by atoms with van der Waals surface area (Å²) in [6.07, 6.45) is 5.59. The van der Waals surface area contributed by atoms with E-state index in [9.17, 15) is 14.4 Å². The number of aromatic nitrogens is 4. The van der Waals surface area contributed by atoms with E-state index in [-0.39, 0.29) is 35.5 Å². The predicted octanol–water partition coefficient (Wildman–Crippen LogP) is 1.61. The first-order chi connectivity index (χ1) is 17.0. The molecular formula is C25H28N6O4. The molecule has 1 unspecified atom stereocenters. The van der Waals surface area contributed by atoms with Gasteiger partial charge in [-0.1, -0.05) is 11.3 Å². The maximum Gasteiger partial charge on any atom is 0.263 e. The molecule has 0 radical (unpaired) electrons. The average Bonchev–Trinajstić information content (AvgIpc) is 3.29. The fourth-order valence-electron chi connectivity index (χ4n) is 4.58. The van der Waals surface area contributed by atoms with E-state index >= 15 is 0 Å². The molecule has 35 heavy (non-hydrogen) atoms. The van der Waals surface area contributed by atoms with E-state index in [4.69, 9.17) is 4.74 Å². The van der Waals surface area contributed by atoms with Gasteiger partial charge in [-0.3, -0.25) is 19.1 Å². The third-order valence-electron chi connectivity index (χ3n) is 6.38. The van der Waals surface area contributed by atoms with Crippen LogP contribution < -0.4 is 15.6 Å². The van der Waals surface area contributed by atoms with Crippen molar-refractivity contribution in [2.75, 3.05) is 19.7 Å². The fourth-order valence-corrected chi connectivity index (χ4v) is 4.58. The van der Waals surface area contributed by atoms with Crippen LogP contribution in [0.1, 0.15) is 51.2 Å². The Morgan fingerprint density at radius 2 is 1.97 bits per heavy atom. The van der Waals surface area contributed by atoms with E-state index < -0.39 is 0 Å². The lowest BCUT2D eigenvalue weighted by atomic mass is 10.0. The van der Waals surface area contributed by atoms with Crippen LogP contribution in [0, 0.1) is 6.92 Å². The highest BCUT2D eigenvalue weighted by Gasteiger charge is 2.28. The highest BCUT2D eigenvalue weighted by Crippen LogP contribution is 2.22. The molecule has 4 heterocycles. The summed E-state index contributed by atoms with van der Waals surface area (Å²) in [5.74, 6) is -0.0312. The van der Waals surface area contributed by atoms with Gasteiger partial charge in [0.2, 0.25) is 0 Å². The normalized spacial score (nSPS) is 19.0. The molecule has 1 N–H and O–H groups in total. The van der Waals surface area contributed by atoms with Crippen molar-refractivity contribution in [2.45, 2.75) is 45.3 Å². The van der Waals surface area contributed by atoms with E-state index in [2.05, 4.69) is 15.6 Å². The lowest BCUT2D eigenvalue weighted by Crippen LogP contribution is -2.50. The van der Waals surface area contributed by atoms with E-state index in [1.165, 1.54) is 4.57 Å². The van der Waals surface area contributed by atoms with Crippen molar-refractivity contribution in [3.8, 4) is 5.75 Å². The van der Waals surface area contributed by atoms with Crippen molar-refractivity contribution in [2.24, 2.45) is 0 Å². The van der Waals surface area contributed by atoms with Crippen LogP contribution in [0.15, 0.2) is 47.5 Å². The number of hydrogen-bond donors (Lipinski definition) is 1. The zero-order valence-electron chi connectivity index (χ0n) is 19.6. The summed E-state index contributed by atoms with van der Waals surface area (Å²) < 4.78 is 9.16. The second-order valence-corrected chi connectivity index (χ2v) is 9.09. The Morgan fingerprint density at radius 3 is 2.86 bits per heavy atom. The van der Waals surface area contributed by atoms with Gasteiger partial charge >= 0.3 is 0 Å². The number of carbonyl (C=O) groups is 2. The first-order valence-electron chi connectivity index (χ1n) is 11.9. The van der Waals surface area contributed by atoms with Gasteiger partial charge in [-0.05, 0) is 49.6 Å². The van der Waals surface area contributed by atoms with Gasteiger partial charge in [0.15, 0.2) is 0 Å². The highest BCUT2D eigenvalue weighted by atomic mass is 16.5. The molecule has 10 nitrogen and oxygen atoms in total. The molecular weight excluding hydrogens is 448 g/mol. The number of rotatable bonds is 0. The Morgan fingerprint density at radius 1 is 1.09 bits per heavy atom. The molecule has 2 amide bonds. The lowest BCUT2D eigenvalue weighted by molar-refractivity contribution is 0.0673. The van der Waals surface area contributed by atoms with Crippen LogP contribution in [0.5, 0.6) is 5.75 Å². The molecule has 5 rings (SSSR count). The van der Waals surface area contributed by atoms with Crippen LogP contribution >= 0.6 is 0 Å². The van der Waals surface area contributed by atoms with Gasteiger partial charge in [-0.2, -0.15) is 0 Å². The number of piperidine rings is 1. The Bertz CT molecular complexity index is 1310. The Hall–Kier alpha value is -3.95. The maximum absolute atomic E-state index is 13.3. The largest absolute Gasteiger partial charge is 0.493 e. The van der Waals surface area contributed by atoms with E-state index in [0.717, 1.165) is 18.4 Å². The number of benzene rings is 1. The van der Waals surface area contributed by atoms with Crippen molar-refractivity contribution < 1.29 is 14.3 Å². The number of carbonyl (C=O) groups excluding carboxylic acids is 2. The van der Waals surface area contributed by atoms with Crippen LogP contribution in [0.2, 0.25) is 0 Å². The average molecular weight is 477 g/mol. The van der Waals surface area contributed by atoms with E-state index in [1.807, 2.05) is 19.1 Å². The van der Waals surface area contributed by atoms with Gasteiger partial charge in [-0.15, -0.1) is 5.10 Å². The number of pyridine rings is 1. The summed E-state index contributed by atoms with van der Waals surface area (Å²) in [6, 6.07) is 8.55. The van der Waals surface area contributed by atoms with Crippen molar-refractivity contribution in [1.82, 2.24) is 29.8 Å². The Labute approximate surface area is 202 Å². The first kappa shape index (κ1) is 22.8. The molecule has 182 valence electrons. The summed E-state index contributed by atoms with van der Waals surface area (Å²) in [5.41, 5.74) is 1.83. The minimum atomic E-state index is -0.367. The van der Waals surface area contributed by atoms with Crippen molar-refractivity contribution in [3.63, 3.8) is 0 Å². The topological polar surface area (TPSA) is 111 Å². The first-order valence-corrected chi connectivity index (χ1v) is 11.9. The molecule has 10 heteroatoms. The molecule has 1 saturated heterocycles. The maximum atomic E-state index is 13.3. The second kappa shape index (κ2) is 9.73. The zero-order valence-corrected chi connectivity index (χ0v) is 19.6. The van der Waals surface area contributed by atoms with Gasteiger partial charge in [0, 0.05) is 38.3 Å². The minimum Gasteiger partial charge on any atom is -0.493 e. The van der Waals surface area contributed by atoms with Crippen LogP contribution in [-0.4, -0.2) is 62.0 Å². The van der Waals surface area contributed by atoms with Gasteiger partial charge in [-0.25, -0.2) is 0 Å². The van der Waals surface area contributed by atoms with E-state index in [1.54, 1.807) is 40.2 Å². The Kier molecular flexibility index (Phi) is 6.35. The number of aryl methyl sites for hydroxylation is 2. The van der Waals surface area contributed by atoms with Crippen LogP contribution in [0.25, 0.3) is 0 Å². The van der Waals surface area contributed by atoms with E-state index in [0.29, 0.717) is 49.7 Å². The van der Waals surface area contributed by atoms with Gasteiger partial charge < -0.3 is 19.5 Å². The molecule has 0 saturated carbocycles. The van der Waals surface area contributed by atoms with Crippen LogP contribution in [-0.2, 0) is 13.1 Å². The zero-order chi connectivity index (χ0) is 24.4. The molecule has 3 aromatic rings. The number of fused-ring (bicyclic) bond motifs is 7. The van der Waals surface area contributed by atoms with Crippen molar-refractivity contribution >= 4 is 11.8 Å². The van der Waals surface area contributed by atoms with Gasteiger partial charge in [0.05, 0.1) is 24.9 Å². The summed E-state index contributed by atoms with van der Waals surface area (Å²) >= 11 is 0. The second-order valence-electron chi connectivity index (χ2n) is 9.09. The van der Waals surface area contributed by atoms with Crippen LogP contribution in [0.4, 0.5) is 0 Å². The molecule has 2 aromatic heterocycles. The number of hydrogen-bond acceptors (Lipinski definition) is 6. The standard InChI is InChI=1S/C25H28N6O4/c1-17-7-8-20-22(13-17)35-12-4-11-31-16-19(27-28-31)15-30-10-3-6-21(25(30)34)24(33)29-9-2-5-18(14-29)26-23(20)32/h3,6-8,10,13,16,18H,2,4-5,9,11-12,14-15H2,1H3,(H,26,32). The lowest BCUT2D eigenvalue weighted by Gasteiger charge is -2.33. The SMILES string of the molecule is Cc1ccc2c(c1)OCCCn1cc(nn1)Cn1cccc(c1=O)C(=O)N1CCCC(C1)NC2=O. The van der Waals surface area contributed by atoms with Crippen LogP contribution in [0.3, 0.4) is 0 Å². The molecule has 6 bridgehead atoms. The molecule has 2 aliphatic rings. The molecule has 0 aliphatic carbocycles.